The minimum absolute atomic E-state index is 0.00478. The van der Waals surface area contributed by atoms with Gasteiger partial charge in [-0.3, -0.25) is 0 Å². The molecule has 0 aliphatic carbocycles. The van der Waals surface area contributed by atoms with E-state index in [4.69, 9.17) is 10.2 Å². The molecule has 71 valence electrons. The van der Waals surface area contributed by atoms with Crippen LogP contribution in [0, 0.1) is 0 Å². The smallest absolute Gasteiger partial charge is 0.165 e. The molecular formula is C7H14NO4. The van der Waals surface area contributed by atoms with Crippen molar-refractivity contribution in [3.63, 3.8) is 0 Å². The van der Waals surface area contributed by atoms with E-state index in [0.29, 0.717) is 19.8 Å². The summed E-state index contributed by atoms with van der Waals surface area (Å²) in [4.78, 5) is 9.21. The number of hydrogen-bond donors (Lipinski definition) is 2. The lowest BCUT2D eigenvalue weighted by Gasteiger charge is -2.03. The maximum absolute atomic E-state index is 8.37. The molecule has 0 bridgehead atoms. The highest BCUT2D eigenvalue weighted by molar-refractivity contribution is 4.62. The van der Waals surface area contributed by atoms with Gasteiger partial charge in [0.05, 0.1) is 13.2 Å². The lowest BCUT2D eigenvalue weighted by molar-refractivity contribution is -0.284. The highest BCUT2D eigenvalue weighted by atomic mass is 17.2. The molecule has 0 aliphatic heterocycles. The summed E-state index contributed by atoms with van der Waals surface area (Å²) >= 11 is 0. The molecule has 0 fully saturated rings. The monoisotopic (exact) mass is 176 g/mol. The van der Waals surface area contributed by atoms with E-state index >= 15 is 0 Å². The van der Waals surface area contributed by atoms with Crippen molar-refractivity contribution < 1.29 is 20.0 Å². The highest BCUT2D eigenvalue weighted by Gasteiger charge is 1.96. The van der Waals surface area contributed by atoms with Crippen molar-refractivity contribution >= 4 is 0 Å². The molecule has 5 nitrogen and oxygen atoms in total. The summed E-state index contributed by atoms with van der Waals surface area (Å²) in [6.07, 6.45) is 0.188. The van der Waals surface area contributed by atoms with Gasteiger partial charge in [0.15, 0.2) is 6.29 Å². The molecule has 1 radical (unpaired) electrons. The zero-order chi connectivity index (χ0) is 9.23. The van der Waals surface area contributed by atoms with E-state index in [1.807, 2.05) is 0 Å². The fourth-order valence-corrected chi connectivity index (χ4v) is 0.464. The van der Waals surface area contributed by atoms with Crippen molar-refractivity contribution in [1.82, 2.24) is 5.32 Å². The summed E-state index contributed by atoms with van der Waals surface area (Å²) in [5.41, 5.74) is 0. The predicted molar refractivity (Wildman–Crippen MR) is 42.2 cm³/mol. The van der Waals surface area contributed by atoms with Crippen molar-refractivity contribution in [2.24, 2.45) is 0 Å². The normalized spacial score (nSPS) is 10.6. The molecule has 0 atom stereocenters. The van der Waals surface area contributed by atoms with Crippen LogP contribution in [0.15, 0.2) is 12.7 Å². The van der Waals surface area contributed by atoms with Gasteiger partial charge in [0, 0.05) is 6.54 Å². The number of hydrogen-bond acceptors (Lipinski definition) is 4. The van der Waals surface area contributed by atoms with E-state index in [9.17, 15) is 0 Å². The van der Waals surface area contributed by atoms with E-state index in [1.165, 1.54) is 0 Å². The third-order valence-corrected chi connectivity index (χ3v) is 0.894. The summed E-state index contributed by atoms with van der Waals surface area (Å²) in [5.74, 6) is 0. The molecule has 0 rings (SSSR count). The molecule has 0 saturated heterocycles. The van der Waals surface area contributed by atoms with Crippen LogP contribution in [0.25, 0.3) is 0 Å². The Morgan fingerprint density at radius 3 is 2.75 bits per heavy atom. The molecule has 0 heterocycles. The Hall–Kier alpha value is -0.460. The molecule has 12 heavy (non-hydrogen) atoms. The van der Waals surface area contributed by atoms with Crippen molar-refractivity contribution in [2.75, 3.05) is 26.3 Å². The van der Waals surface area contributed by atoms with Crippen LogP contribution in [0.5, 0.6) is 0 Å². The van der Waals surface area contributed by atoms with Crippen molar-refractivity contribution in [3.8, 4) is 0 Å². The lowest BCUT2D eigenvalue weighted by Crippen LogP contribution is -2.23. The van der Waals surface area contributed by atoms with Gasteiger partial charge in [0.2, 0.25) is 0 Å². The largest absolute Gasteiger partial charge is 0.367 e. The molecule has 2 N–H and O–H groups in total. The van der Waals surface area contributed by atoms with Gasteiger partial charge in [0.25, 0.3) is 0 Å². The minimum atomic E-state index is -1.38. The Balaban J connectivity index is 2.86. The molecule has 0 unspecified atom stereocenters. The van der Waals surface area contributed by atoms with Crippen LogP contribution in [-0.2, 0) is 9.78 Å². The Bertz CT molecular complexity index is 108. The van der Waals surface area contributed by atoms with Crippen LogP contribution in [-0.4, -0.2) is 42.8 Å². The van der Waals surface area contributed by atoms with Crippen molar-refractivity contribution in [3.05, 3.63) is 12.7 Å². The second-order valence-corrected chi connectivity index (χ2v) is 2.01. The van der Waals surface area contributed by atoms with Crippen LogP contribution >= 0.6 is 0 Å². The fourth-order valence-electron chi connectivity index (χ4n) is 0.464. The van der Waals surface area contributed by atoms with E-state index in [1.54, 1.807) is 6.08 Å². The van der Waals surface area contributed by atoms with E-state index in [0.717, 1.165) is 0 Å². The quantitative estimate of drug-likeness (QED) is 0.164. The van der Waals surface area contributed by atoms with E-state index in [-0.39, 0.29) is 6.54 Å². The third-order valence-electron chi connectivity index (χ3n) is 0.894. The first-order chi connectivity index (χ1) is 5.77. The molecule has 0 aromatic rings. The summed E-state index contributed by atoms with van der Waals surface area (Å²) < 4.78 is 0. The Kier molecular flexibility index (Phi) is 8.30. The molecule has 0 aromatic carbocycles. The zero-order valence-corrected chi connectivity index (χ0v) is 6.85. The van der Waals surface area contributed by atoms with Gasteiger partial charge in [0.1, 0.15) is 6.61 Å². The first-order valence-electron chi connectivity index (χ1n) is 3.62. The van der Waals surface area contributed by atoms with E-state index in [2.05, 4.69) is 21.7 Å². The van der Waals surface area contributed by atoms with Gasteiger partial charge in [-0.1, -0.05) is 6.08 Å². The Morgan fingerprint density at radius 2 is 2.17 bits per heavy atom. The molecule has 0 saturated carbocycles. The van der Waals surface area contributed by atoms with Gasteiger partial charge in [-0.15, -0.1) is 6.58 Å². The molecule has 0 aromatic heterocycles. The number of aliphatic hydroxyl groups is 2. The van der Waals surface area contributed by atoms with Crippen LogP contribution in [0.2, 0.25) is 0 Å². The van der Waals surface area contributed by atoms with Gasteiger partial charge >= 0.3 is 0 Å². The highest BCUT2D eigenvalue weighted by Crippen LogP contribution is 1.79. The first-order valence-corrected chi connectivity index (χ1v) is 3.62. The molecule has 0 spiro atoms. The number of nitrogens with zero attached hydrogens (tertiary/aromatic N) is 1. The van der Waals surface area contributed by atoms with Crippen molar-refractivity contribution in [1.29, 1.82) is 0 Å². The van der Waals surface area contributed by atoms with Gasteiger partial charge in [-0.25, -0.2) is 15.1 Å². The molecule has 0 amide bonds. The van der Waals surface area contributed by atoms with Gasteiger partial charge < -0.3 is 10.2 Å². The van der Waals surface area contributed by atoms with Crippen LogP contribution in [0.1, 0.15) is 0 Å². The predicted octanol–water partition coefficient (Wildman–Crippen LogP) is -0.964. The number of aliphatic hydroxyl groups excluding tert-OH is 1. The maximum atomic E-state index is 8.37. The Labute approximate surface area is 71.5 Å². The maximum Gasteiger partial charge on any atom is 0.165 e. The van der Waals surface area contributed by atoms with Gasteiger partial charge in [-0.2, -0.15) is 0 Å². The summed E-state index contributed by atoms with van der Waals surface area (Å²) in [5, 5.41) is 20.5. The summed E-state index contributed by atoms with van der Waals surface area (Å²) in [7, 11) is 0. The standard InChI is InChI=1S/C7H14NO4/c1-2-4-11-12-5-3-8-6-7(9)10/h2,7,9-10H,1,3-6H2. The average Bonchev–Trinajstić information content (AvgIpc) is 2.02. The Morgan fingerprint density at radius 1 is 1.42 bits per heavy atom. The topological polar surface area (TPSA) is 73.0 Å². The van der Waals surface area contributed by atoms with E-state index < -0.39 is 6.29 Å². The van der Waals surface area contributed by atoms with Crippen molar-refractivity contribution in [2.45, 2.75) is 6.29 Å². The second-order valence-electron chi connectivity index (χ2n) is 2.01. The average molecular weight is 176 g/mol. The minimum Gasteiger partial charge on any atom is -0.367 e. The number of rotatable bonds is 8. The third kappa shape index (κ3) is 9.54. The molecule has 0 aliphatic rings. The lowest BCUT2D eigenvalue weighted by atomic mass is 10.6. The second kappa shape index (κ2) is 8.63. The molecular weight excluding hydrogens is 162 g/mol. The van der Waals surface area contributed by atoms with Gasteiger partial charge in [-0.05, 0) is 0 Å². The van der Waals surface area contributed by atoms with Crippen LogP contribution < -0.4 is 5.32 Å². The summed E-state index contributed by atoms with van der Waals surface area (Å²) in [6, 6.07) is 0. The fraction of sp³-hybridized carbons (Fsp3) is 0.714. The van der Waals surface area contributed by atoms with Crippen LogP contribution in [0.4, 0.5) is 0 Å². The summed E-state index contributed by atoms with van der Waals surface area (Å²) in [6.45, 7) is 4.45. The van der Waals surface area contributed by atoms with Crippen LogP contribution in [0.3, 0.4) is 0 Å². The SMILES string of the molecule is C=CCOOCC[N]CC(O)O. The first kappa shape index (κ1) is 11.5. The zero-order valence-electron chi connectivity index (χ0n) is 6.85. The molecule has 5 heteroatoms.